The van der Waals surface area contributed by atoms with Crippen LogP contribution in [0.1, 0.15) is 75.2 Å². The van der Waals surface area contributed by atoms with Crippen molar-refractivity contribution >= 4 is 15.8 Å². The summed E-state index contributed by atoms with van der Waals surface area (Å²) in [4.78, 5) is 11.0. The molecule has 146 valence electrons. The van der Waals surface area contributed by atoms with E-state index in [-0.39, 0.29) is 0 Å². The summed E-state index contributed by atoms with van der Waals surface area (Å²) < 4.78 is 24.1. The summed E-state index contributed by atoms with van der Waals surface area (Å²) in [7, 11) is -3.03. The largest absolute Gasteiger partial charge is 0.478 e. The lowest BCUT2D eigenvalue weighted by molar-refractivity contribution is 0.0696. The van der Waals surface area contributed by atoms with Crippen molar-refractivity contribution in [2.75, 3.05) is 5.75 Å². The number of hydrogen-bond donors (Lipinski definition) is 1. The van der Waals surface area contributed by atoms with E-state index < -0.39 is 20.6 Å². The number of sulfone groups is 1. The summed E-state index contributed by atoms with van der Waals surface area (Å²) in [6.07, 6.45) is 7.33. The molecular formula is C21H32O4S. The Bertz CT molecular complexity index is 708. The fraction of sp³-hybridized carbons (Fsp3) is 0.667. The third-order valence-corrected chi connectivity index (χ3v) is 8.38. The number of rotatable bonds is 7. The molecule has 0 radical (unpaired) electrons. The molecule has 0 spiro atoms. The van der Waals surface area contributed by atoms with Crippen LogP contribution in [0.4, 0.5) is 0 Å². The monoisotopic (exact) mass is 380 g/mol. The Morgan fingerprint density at radius 2 is 1.73 bits per heavy atom. The van der Waals surface area contributed by atoms with Crippen LogP contribution in [-0.2, 0) is 16.3 Å². The predicted molar refractivity (Wildman–Crippen MR) is 105 cm³/mol. The molecule has 1 aliphatic rings. The van der Waals surface area contributed by atoms with E-state index in [1.165, 1.54) is 0 Å². The van der Waals surface area contributed by atoms with E-state index in [0.717, 1.165) is 50.5 Å². The van der Waals surface area contributed by atoms with Crippen LogP contribution < -0.4 is 0 Å². The Kier molecular flexibility index (Phi) is 6.89. The first kappa shape index (κ1) is 20.9. The van der Waals surface area contributed by atoms with E-state index in [4.69, 9.17) is 5.11 Å². The normalized spacial score (nSPS) is 21.5. The summed E-state index contributed by atoms with van der Waals surface area (Å²) in [5.74, 6) is 0.426. The molecule has 0 amide bonds. The average Bonchev–Trinajstić information content (AvgIpc) is 2.55. The number of carboxylic acids is 1. The van der Waals surface area contributed by atoms with Gasteiger partial charge in [-0.3, -0.25) is 0 Å². The molecule has 0 aromatic heterocycles. The lowest BCUT2D eigenvalue weighted by atomic mass is 9.80. The van der Waals surface area contributed by atoms with Crippen molar-refractivity contribution in [3.63, 3.8) is 0 Å². The first-order valence-electron chi connectivity index (χ1n) is 9.63. The minimum absolute atomic E-state index is 0.308. The maximum Gasteiger partial charge on any atom is 0.335 e. The molecule has 4 nitrogen and oxygen atoms in total. The molecule has 1 aromatic rings. The second-order valence-electron chi connectivity index (χ2n) is 8.68. The van der Waals surface area contributed by atoms with Crippen molar-refractivity contribution in [1.82, 2.24) is 0 Å². The van der Waals surface area contributed by atoms with Crippen molar-refractivity contribution in [1.29, 1.82) is 0 Å². The van der Waals surface area contributed by atoms with E-state index >= 15 is 0 Å². The van der Waals surface area contributed by atoms with Crippen LogP contribution >= 0.6 is 0 Å². The van der Waals surface area contributed by atoms with Crippen LogP contribution in [0.3, 0.4) is 0 Å². The van der Waals surface area contributed by atoms with Gasteiger partial charge in [0.1, 0.15) is 0 Å². The van der Waals surface area contributed by atoms with Gasteiger partial charge in [-0.15, -0.1) is 0 Å². The first-order valence-corrected chi connectivity index (χ1v) is 11.3. The lowest BCUT2D eigenvalue weighted by Crippen LogP contribution is -2.34. The van der Waals surface area contributed by atoms with Gasteiger partial charge >= 0.3 is 5.97 Å². The number of hydrogen-bond acceptors (Lipinski definition) is 3. The SMILES string of the molecule is CC(C)(C)S(=O)(=O)CC1CCC(CCCc2cccc(C(=O)O)c2)CC1. The quantitative estimate of drug-likeness (QED) is 0.742. The minimum atomic E-state index is -3.03. The van der Waals surface area contributed by atoms with Gasteiger partial charge in [0.25, 0.3) is 0 Å². The molecule has 1 aromatic carbocycles. The van der Waals surface area contributed by atoms with Gasteiger partial charge in [0.05, 0.1) is 16.1 Å². The van der Waals surface area contributed by atoms with Crippen LogP contribution in [0.5, 0.6) is 0 Å². The maximum absolute atomic E-state index is 12.4. The fourth-order valence-electron chi connectivity index (χ4n) is 3.70. The number of carbonyl (C=O) groups is 1. The van der Waals surface area contributed by atoms with Gasteiger partial charge in [0, 0.05) is 0 Å². The van der Waals surface area contributed by atoms with Gasteiger partial charge in [-0.05, 0) is 76.0 Å². The van der Waals surface area contributed by atoms with Gasteiger partial charge in [-0.1, -0.05) is 31.4 Å². The number of aromatic carboxylic acids is 1. The summed E-state index contributed by atoms with van der Waals surface area (Å²) in [5.41, 5.74) is 1.43. The van der Waals surface area contributed by atoms with Gasteiger partial charge in [-0.25, -0.2) is 13.2 Å². The molecule has 0 heterocycles. The second kappa shape index (κ2) is 8.55. The van der Waals surface area contributed by atoms with E-state index in [0.29, 0.717) is 23.2 Å². The van der Waals surface area contributed by atoms with E-state index in [1.54, 1.807) is 39.0 Å². The molecule has 0 saturated heterocycles. The zero-order valence-corrected chi connectivity index (χ0v) is 17.0. The van der Waals surface area contributed by atoms with Crippen molar-refractivity contribution in [3.05, 3.63) is 35.4 Å². The zero-order valence-electron chi connectivity index (χ0n) is 16.2. The van der Waals surface area contributed by atoms with Crippen molar-refractivity contribution < 1.29 is 18.3 Å². The molecule has 26 heavy (non-hydrogen) atoms. The predicted octanol–water partition coefficient (Wildman–Crippen LogP) is 4.73. The van der Waals surface area contributed by atoms with Crippen LogP contribution in [-0.4, -0.2) is 30.0 Å². The van der Waals surface area contributed by atoms with Gasteiger partial charge in [0.15, 0.2) is 9.84 Å². The minimum Gasteiger partial charge on any atom is -0.478 e. The van der Waals surface area contributed by atoms with Gasteiger partial charge < -0.3 is 5.11 Å². The van der Waals surface area contributed by atoms with E-state index in [1.807, 2.05) is 6.07 Å². The summed E-state index contributed by atoms with van der Waals surface area (Å²) in [5, 5.41) is 9.05. The Balaban J connectivity index is 1.74. The van der Waals surface area contributed by atoms with E-state index in [9.17, 15) is 13.2 Å². The molecule has 1 fully saturated rings. The highest BCUT2D eigenvalue weighted by Gasteiger charge is 2.33. The van der Waals surface area contributed by atoms with Crippen molar-refractivity contribution in [3.8, 4) is 0 Å². The van der Waals surface area contributed by atoms with Gasteiger partial charge in [-0.2, -0.15) is 0 Å². The Labute approximate surface area is 157 Å². The first-order chi connectivity index (χ1) is 12.1. The molecule has 1 N–H and O–H groups in total. The van der Waals surface area contributed by atoms with E-state index in [2.05, 4.69) is 0 Å². The topological polar surface area (TPSA) is 71.4 Å². The number of carboxylic acid groups (broad SMARTS) is 1. The fourth-order valence-corrected chi connectivity index (χ4v) is 5.16. The Morgan fingerprint density at radius 3 is 2.31 bits per heavy atom. The molecule has 1 saturated carbocycles. The van der Waals surface area contributed by atoms with Crippen molar-refractivity contribution in [2.45, 2.75) is 70.5 Å². The highest BCUT2D eigenvalue weighted by molar-refractivity contribution is 7.92. The molecule has 0 atom stereocenters. The van der Waals surface area contributed by atoms with Crippen LogP contribution in [0.15, 0.2) is 24.3 Å². The second-order valence-corrected chi connectivity index (χ2v) is 11.5. The molecule has 2 rings (SSSR count). The highest BCUT2D eigenvalue weighted by atomic mass is 32.2. The van der Waals surface area contributed by atoms with Crippen LogP contribution in [0.2, 0.25) is 0 Å². The summed E-state index contributed by atoms with van der Waals surface area (Å²) in [6.45, 7) is 5.36. The summed E-state index contributed by atoms with van der Waals surface area (Å²) >= 11 is 0. The summed E-state index contributed by atoms with van der Waals surface area (Å²) in [6, 6.07) is 7.18. The molecule has 0 unspecified atom stereocenters. The lowest BCUT2D eigenvalue weighted by Gasteiger charge is -2.30. The molecule has 0 aliphatic heterocycles. The standard InChI is InChI=1S/C21H32O4S/c1-21(2,3)26(24,25)15-18-12-10-16(11-13-18)6-4-7-17-8-5-9-19(14-17)20(22)23/h5,8-9,14,16,18H,4,6-7,10-13,15H2,1-3H3,(H,22,23). The maximum atomic E-state index is 12.4. The Hall–Kier alpha value is -1.36. The highest BCUT2D eigenvalue weighted by Crippen LogP contribution is 2.34. The smallest absolute Gasteiger partial charge is 0.335 e. The third-order valence-electron chi connectivity index (χ3n) is 5.61. The average molecular weight is 381 g/mol. The third kappa shape index (κ3) is 5.83. The molecule has 5 heteroatoms. The van der Waals surface area contributed by atoms with Gasteiger partial charge in [0.2, 0.25) is 0 Å². The van der Waals surface area contributed by atoms with Crippen LogP contribution in [0, 0.1) is 11.8 Å². The number of aryl methyl sites for hydroxylation is 1. The van der Waals surface area contributed by atoms with Crippen LogP contribution in [0.25, 0.3) is 0 Å². The number of benzene rings is 1. The molecular weight excluding hydrogens is 348 g/mol. The van der Waals surface area contributed by atoms with Crippen molar-refractivity contribution in [2.24, 2.45) is 11.8 Å². The molecule has 0 bridgehead atoms. The zero-order chi connectivity index (χ0) is 19.4. The Morgan fingerprint density at radius 1 is 1.12 bits per heavy atom. The molecule has 1 aliphatic carbocycles.